The summed E-state index contributed by atoms with van der Waals surface area (Å²) in [6.45, 7) is 3.88. The van der Waals surface area contributed by atoms with Crippen LogP contribution in [0.25, 0.3) is 0 Å². The van der Waals surface area contributed by atoms with Gasteiger partial charge in [-0.2, -0.15) is 0 Å². The largest absolute Gasteiger partial charge is 0.497 e. The summed E-state index contributed by atoms with van der Waals surface area (Å²) in [6.07, 6.45) is 1.02. The molecule has 3 nitrogen and oxygen atoms in total. The minimum absolute atomic E-state index is 0.397. The van der Waals surface area contributed by atoms with Gasteiger partial charge in [0.25, 0.3) is 0 Å². The Morgan fingerprint density at radius 3 is 3.13 bits per heavy atom. The van der Waals surface area contributed by atoms with Gasteiger partial charge in [-0.05, 0) is 24.7 Å². The lowest BCUT2D eigenvalue weighted by molar-refractivity contribution is 0.253. The van der Waals surface area contributed by atoms with E-state index in [0.717, 1.165) is 31.1 Å². The van der Waals surface area contributed by atoms with Crippen molar-refractivity contribution in [1.82, 2.24) is 5.32 Å². The van der Waals surface area contributed by atoms with Crippen LogP contribution in [0.1, 0.15) is 24.9 Å². The Morgan fingerprint density at radius 2 is 2.40 bits per heavy atom. The Labute approximate surface area is 90.4 Å². The third-order valence-electron chi connectivity index (χ3n) is 2.71. The molecule has 1 aliphatic rings. The van der Waals surface area contributed by atoms with Crippen LogP contribution in [0.4, 0.5) is 0 Å². The van der Waals surface area contributed by atoms with Crippen LogP contribution in [0.5, 0.6) is 11.5 Å². The average Bonchev–Trinajstić information content (AvgIpc) is 2.29. The first-order chi connectivity index (χ1) is 7.35. The van der Waals surface area contributed by atoms with E-state index in [0.29, 0.717) is 6.04 Å². The molecule has 1 atom stereocenters. The summed E-state index contributed by atoms with van der Waals surface area (Å²) >= 11 is 0. The van der Waals surface area contributed by atoms with Crippen molar-refractivity contribution in [3.63, 3.8) is 0 Å². The van der Waals surface area contributed by atoms with Crippen LogP contribution in [-0.2, 0) is 0 Å². The fraction of sp³-hybridized carbons (Fsp3) is 0.500. The van der Waals surface area contributed by atoms with Crippen LogP contribution in [-0.4, -0.2) is 20.3 Å². The minimum Gasteiger partial charge on any atom is -0.497 e. The topological polar surface area (TPSA) is 30.5 Å². The van der Waals surface area contributed by atoms with Gasteiger partial charge in [0.2, 0.25) is 0 Å². The molecule has 15 heavy (non-hydrogen) atoms. The van der Waals surface area contributed by atoms with Crippen molar-refractivity contribution < 1.29 is 9.47 Å². The van der Waals surface area contributed by atoms with Crippen LogP contribution in [0.2, 0.25) is 0 Å². The van der Waals surface area contributed by atoms with Crippen molar-refractivity contribution in [3.05, 3.63) is 23.8 Å². The average molecular weight is 207 g/mol. The zero-order valence-corrected chi connectivity index (χ0v) is 9.25. The number of fused-ring (bicyclic) bond motifs is 1. The lowest BCUT2D eigenvalue weighted by atomic mass is 10.0. The van der Waals surface area contributed by atoms with Gasteiger partial charge in [-0.3, -0.25) is 0 Å². The van der Waals surface area contributed by atoms with Gasteiger partial charge in [0, 0.05) is 18.0 Å². The highest BCUT2D eigenvalue weighted by molar-refractivity contribution is 5.43. The molecule has 1 aromatic rings. The van der Waals surface area contributed by atoms with Gasteiger partial charge >= 0.3 is 0 Å². The maximum absolute atomic E-state index is 5.60. The predicted octanol–water partition coefficient (Wildman–Crippen LogP) is 2.13. The molecule has 0 spiro atoms. The summed E-state index contributed by atoms with van der Waals surface area (Å²) in [6, 6.07) is 6.38. The van der Waals surface area contributed by atoms with Gasteiger partial charge in [0.1, 0.15) is 11.5 Å². The van der Waals surface area contributed by atoms with Crippen LogP contribution >= 0.6 is 0 Å². The molecule has 0 saturated heterocycles. The molecule has 0 radical (unpaired) electrons. The second kappa shape index (κ2) is 4.53. The summed E-state index contributed by atoms with van der Waals surface area (Å²) in [5.74, 6) is 1.87. The Balaban J connectivity index is 2.30. The number of rotatable bonds is 3. The van der Waals surface area contributed by atoms with Crippen LogP contribution in [0, 0.1) is 0 Å². The predicted molar refractivity (Wildman–Crippen MR) is 59.5 cm³/mol. The van der Waals surface area contributed by atoms with Gasteiger partial charge in [-0.15, -0.1) is 0 Å². The van der Waals surface area contributed by atoms with E-state index >= 15 is 0 Å². The second-order valence-corrected chi connectivity index (χ2v) is 3.65. The SMILES string of the molecule is CCNC1CCOc2ccc(OC)cc21. The lowest BCUT2D eigenvalue weighted by Crippen LogP contribution is -2.26. The molecule has 0 saturated carbocycles. The molecule has 0 bridgehead atoms. The Bertz CT molecular complexity index is 338. The van der Waals surface area contributed by atoms with Gasteiger partial charge in [-0.25, -0.2) is 0 Å². The van der Waals surface area contributed by atoms with E-state index in [1.54, 1.807) is 7.11 Å². The summed E-state index contributed by atoms with van der Waals surface area (Å²) in [7, 11) is 1.69. The molecule has 0 aliphatic carbocycles. The first-order valence-corrected chi connectivity index (χ1v) is 5.39. The molecule has 3 heteroatoms. The van der Waals surface area contributed by atoms with Gasteiger partial charge in [0.05, 0.1) is 13.7 Å². The Hall–Kier alpha value is -1.22. The molecule has 1 aliphatic heterocycles. The summed E-state index contributed by atoms with van der Waals surface area (Å²) in [5, 5.41) is 3.46. The maximum atomic E-state index is 5.60. The maximum Gasteiger partial charge on any atom is 0.124 e. The Morgan fingerprint density at radius 1 is 1.53 bits per heavy atom. The second-order valence-electron chi connectivity index (χ2n) is 3.65. The van der Waals surface area contributed by atoms with E-state index in [1.807, 2.05) is 12.1 Å². The molecule has 0 amide bonds. The highest BCUT2D eigenvalue weighted by atomic mass is 16.5. The molecular weight excluding hydrogens is 190 g/mol. The minimum atomic E-state index is 0.397. The number of ether oxygens (including phenoxy) is 2. The summed E-state index contributed by atoms with van der Waals surface area (Å²) in [4.78, 5) is 0. The molecule has 1 aromatic carbocycles. The normalized spacial score (nSPS) is 19.2. The van der Waals surface area contributed by atoms with Crippen molar-refractivity contribution in [2.45, 2.75) is 19.4 Å². The van der Waals surface area contributed by atoms with Crippen molar-refractivity contribution >= 4 is 0 Å². The first kappa shape index (κ1) is 10.3. The zero-order valence-electron chi connectivity index (χ0n) is 9.25. The van der Waals surface area contributed by atoms with E-state index in [1.165, 1.54) is 5.56 Å². The standard InChI is InChI=1S/C12H17NO2/c1-3-13-11-6-7-15-12-5-4-9(14-2)8-10(11)12/h4-5,8,11,13H,3,6-7H2,1-2H3. The third kappa shape index (κ3) is 2.07. The van der Waals surface area contributed by atoms with Crippen LogP contribution < -0.4 is 14.8 Å². The zero-order chi connectivity index (χ0) is 10.7. The highest BCUT2D eigenvalue weighted by Crippen LogP contribution is 2.34. The molecule has 1 heterocycles. The van der Waals surface area contributed by atoms with Crippen molar-refractivity contribution in [3.8, 4) is 11.5 Å². The lowest BCUT2D eigenvalue weighted by Gasteiger charge is -2.26. The molecule has 1 unspecified atom stereocenters. The molecule has 1 N–H and O–H groups in total. The van der Waals surface area contributed by atoms with E-state index < -0.39 is 0 Å². The monoisotopic (exact) mass is 207 g/mol. The quantitative estimate of drug-likeness (QED) is 0.823. The number of nitrogens with one attached hydrogen (secondary N) is 1. The van der Waals surface area contributed by atoms with E-state index in [9.17, 15) is 0 Å². The first-order valence-electron chi connectivity index (χ1n) is 5.39. The fourth-order valence-electron chi connectivity index (χ4n) is 1.96. The van der Waals surface area contributed by atoms with Gasteiger partial charge in [0.15, 0.2) is 0 Å². The number of hydrogen-bond acceptors (Lipinski definition) is 3. The molecule has 2 rings (SSSR count). The van der Waals surface area contributed by atoms with Gasteiger partial charge < -0.3 is 14.8 Å². The van der Waals surface area contributed by atoms with E-state index in [2.05, 4.69) is 18.3 Å². The van der Waals surface area contributed by atoms with Gasteiger partial charge in [-0.1, -0.05) is 6.92 Å². The summed E-state index contributed by atoms with van der Waals surface area (Å²) < 4.78 is 10.8. The van der Waals surface area contributed by atoms with Crippen molar-refractivity contribution in [2.24, 2.45) is 0 Å². The molecular formula is C12H17NO2. The smallest absolute Gasteiger partial charge is 0.124 e. The van der Waals surface area contributed by atoms with Crippen LogP contribution in [0.3, 0.4) is 0 Å². The molecule has 0 aromatic heterocycles. The van der Waals surface area contributed by atoms with Crippen molar-refractivity contribution in [1.29, 1.82) is 0 Å². The molecule has 82 valence electrons. The number of benzene rings is 1. The fourth-order valence-corrected chi connectivity index (χ4v) is 1.96. The van der Waals surface area contributed by atoms with E-state index in [-0.39, 0.29) is 0 Å². The molecule has 0 fully saturated rings. The third-order valence-corrected chi connectivity index (χ3v) is 2.71. The Kier molecular flexibility index (Phi) is 3.11. The number of methoxy groups -OCH3 is 1. The number of hydrogen-bond donors (Lipinski definition) is 1. The van der Waals surface area contributed by atoms with Crippen LogP contribution in [0.15, 0.2) is 18.2 Å². The van der Waals surface area contributed by atoms with E-state index in [4.69, 9.17) is 9.47 Å². The summed E-state index contributed by atoms with van der Waals surface area (Å²) in [5.41, 5.74) is 1.21. The van der Waals surface area contributed by atoms with Crippen molar-refractivity contribution in [2.75, 3.05) is 20.3 Å². The highest BCUT2D eigenvalue weighted by Gasteiger charge is 2.20.